The molecule has 2 aromatic carbocycles. The molecule has 0 atom stereocenters. The van der Waals surface area contributed by atoms with Crippen LogP contribution in [0.25, 0.3) is 5.69 Å². The summed E-state index contributed by atoms with van der Waals surface area (Å²) in [6.07, 6.45) is 1.90. The van der Waals surface area contributed by atoms with Gasteiger partial charge < -0.3 is 0 Å². The first kappa shape index (κ1) is 18.6. The molecule has 0 aliphatic carbocycles. The van der Waals surface area contributed by atoms with Gasteiger partial charge in [0.25, 0.3) is 0 Å². The maximum absolute atomic E-state index is 4.72. The molecule has 0 unspecified atom stereocenters. The van der Waals surface area contributed by atoms with E-state index in [1.807, 2.05) is 22.0 Å². The van der Waals surface area contributed by atoms with E-state index in [2.05, 4.69) is 79.4 Å². The first-order valence-electron chi connectivity index (χ1n) is 9.36. The number of hydrogen-bond donors (Lipinski definition) is 2. The fraction of sp³-hybridized carbons (Fsp3) is 0.238. The van der Waals surface area contributed by atoms with E-state index in [4.69, 9.17) is 5.10 Å². The molecule has 0 saturated carbocycles. The van der Waals surface area contributed by atoms with Gasteiger partial charge >= 0.3 is 0 Å². The molecule has 0 spiro atoms. The third kappa shape index (κ3) is 3.63. The van der Waals surface area contributed by atoms with E-state index < -0.39 is 0 Å². The van der Waals surface area contributed by atoms with E-state index in [0.717, 1.165) is 34.4 Å². The summed E-state index contributed by atoms with van der Waals surface area (Å²) in [5.74, 6) is 1.72. The number of hydrogen-bond acceptors (Lipinski definition) is 6. The molecule has 3 aromatic rings. The molecule has 2 heterocycles. The maximum atomic E-state index is 4.72. The second kappa shape index (κ2) is 8.08. The summed E-state index contributed by atoms with van der Waals surface area (Å²) < 4.78 is 2.02. The molecule has 4 rings (SSSR count). The van der Waals surface area contributed by atoms with Gasteiger partial charge in [-0.3, -0.25) is 5.01 Å². The van der Waals surface area contributed by atoms with Crippen LogP contribution >= 0.6 is 11.8 Å². The number of hydrazone groups is 1. The molecule has 0 radical (unpaired) electrons. The zero-order valence-electron chi connectivity index (χ0n) is 16.3. The van der Waals surface area contributed by atoms with Gasteiger partial charge in [0, 0.05) is 12.3 Å². The van der Waals surface area contributed by atoms with Crippen LogP contribution in [0.3, 0.4) is 0 Å². The van der Waals surface area contributed by atoms with E-state index in [-0.39, 0.29) is 0 Å². The van der Waals surface area contributed by atoms with Crippen molar-refractivity contribution in [1.82, 2.24) is 25.9 Å². The normalized spacial score (nSPS) is 13.5. The fourth-order valence-corrected chi connectivity index (χ4v) is 4.15. The minimum absolute atomic E-state index is 0.795. The van der Waals surface area contributed by atoms with Crippen LogP contribution in [-0.2, 0) is 5.75 Å². The Kier molecular flexibility index (Phi) is 5.36. The predicted octanol–water partition coefficient (Wildman–Crippen LogP) is 3.79. The van der Waals surface area contributed by atoms with E-state index in [9.17, 15) is 0 Å². The first-order chi connectivity index (χ1) is 13.7. The summed E-state index contributed by atoms with van der Waals surface area (Å²) in [7, 11) is 0. The largest absolute Gasteiger partial charge is 0.271 e. The van der Waals surface area contributed by atoms with Crippen LogP contribution in [0.15, 0.2) is 64.9 Å². The number of nitrogens with one attached hydrogen (secondary N) is 2. The van der Waals surface area contributed by atoms with E-state index >= 15 is 0 Å². The molecule has 1 aromatic heterocycles. The molecule has 28 heavy (non-hydrogen) atoms. The van der Waals surface area contributed by atoms with Crippen LogP contribution in [0, 0.1) is 13.8 Å². The monoisotopic (exact) mass is 392 g/mol. The number of benzene rings is 2. The average molecular weight is 393 g/mol. The lowest BCUT2D eigenvalue weighted by atomic mass is 10.1. The van der Waals surface area contributed by atoms with Crippen LogP contribution in [0.1, 0.15) is 29.2 Å². The van der Waals surface area contributed by atoms with Crippen LogP contribution in [-0.4, -0.2) is 27.2 Å². The molecular weight excluding hydrogens is 368 g/mol. The Hall–Kier alpha value is -2.77. The van der Waals surface area contributed by atoms with Gasteiger partial charge in [0.2, 0.25) is 0 Å². The van der Waals surface area contributed by atoms with Crippen LogP contribution < -0.4 is 11.1 Å². The Balaban J connectivity index is 1.74. The van der Waals surface area contributed by atoms with Crippen LogP contribution in [0.4, 0.5) is 0 Å². The number of hydrazine groups is 2. The topological polar surface area (TPSA) is 57.5 Å². The Morgan fingerprint density at radius 2 is 1.86 bits per heavy atom. The first-order valence-corrected chi connectivity index (χ1v) is 10.3. The van der Waals surface area contributed by atoms with E-state index in [1.165, 1.54) is 16.7 Å². The van der Waals surface area contributed by atoms with Gasteiger partial charge in [0.05, 0.1) is 17.4 Å². The van der Waals surface area contributed by atoms with Gasteiger partial charge in [0.1, 0.15) is 5.03 Å². The molecule has 1 aliphatic rings. The van der Waals surface area contributed by atoms with Crippen molar-refractivity contribution in [2.45, 2.75) is 31.6 Å². The number of amidine groups is 1. The van der Waals surface area contributed by atoms with Gasteiger partial charge in [-0.1, -0.05) is 36.4 Å². The van der Waals surface area contributed by atoms with Gasteiger partial charge in [-0.2, -0.15) is 5.10 Å². The highest BCUT2D eigenvalue weighted by Gasteiger charge is 2.24. The lowest BCUT2D eigenvalue weighted by Gasteiger charge is -2.17. The molecule has 7 heteroatoms. The van der Waals surface area contributed by atoms with Crippen molar-refractivity contribution in [2.24, 2.45) is 5.10 Å². The van der Waals surface area contributed by atoms with Crippen molar-refractivity contribution in [3.05, 3.63) is 77.0 Å². The predicted molar refractivity (Wildman–Crippen MR) is 114 cm³/mol. The van der Waals surface area contributed by atoms with Crippen LogP contribution in [0.5, 0.6) is 0 Å². The number of thioether (sulfide) groups is 1. The molecule has 0 amide bonds. The summed E-state index contributed by atoms with van der Waals surface area (Å²) >= 11 is 1.78. The average Bonchev–Trinajstić information content (AvgIpc) is 3.35. The molecule has 6 nitrogen and oxygen atoms in total. The highest BCUT2D eigenvalue weighted by molar-refractivity contribution is 7.98. The summed E-state index contributed by atoms with van der Waals surface area (Å²) in [4.78, 5) is 0. The Morgan fingerprint density at radius 3 is 2.61 bits per heavy atom. The molecule has 144 valence electrons. The molecule has 0 fully saturated rings. The number of aromatic nitrogens is 2. The zero-order chi connectivity index (χ0) is 19.5. The highest BCUT2D eigenvalue weighted by atomic mass is 32.2. The van der Waals surface area contributed by atoms with Gasteiger partial charge in [-0.15, -0.1) is 22.4 Å². The van der Waals surface area contributed by atoms with Crippen molar-refractivity contribution < 1.29 is 0 Å². The number of aryl methyl sites for hydroxylation is 2. The molecular formula is C21H24N6S. The zero-order valence-corrected chi connectivity index (χ0v) is 17.1. The Labute approximate surface area is 169 Å². The summed E-state index contributed by atoms with van der Waals surface area (Å²) in [6, 6.07) is 16.9. The molecule has 0 bridgehead atoms. The third-order valence-corrected chi connectivity index (χ3v) is 5.98. The maximum Gasteiger partial charge on any atom is 0.177 e. The van der Waals surface area contributed by atoms with Crippen LogP contribution in [0.2, 0.25) is 0 Å². The highest BCUT2D eigenvalue weighted by Crippen LogP contribution is 2.30. The summed E-state index contributed by atoms with van der Waals surface area (Å²) in [5.41, 5.74) is 11.8. The number of nitrogens with zero attached hydrogens (tertiary/aromatic N) is 4. The lowest BCUT2D eigenvalue weighted by Crippen LogP contribution is -2.40. The van der Waals surface area contributed by atoms with E-state index in [1.54, 1.807) is 11.8 Å². The number of rotatable bonds is 6. The minimum Gasteiger partial charge on any atom is -0.271 e. The third-order valence-electron chi connectivity index (χ3n) is 4.84. The molecule has 0 saturated heterocycles. The van der Waals surface area contributed by atoms with Crippen molar-refractivity contribution in [2.75, 3.05) is 6.54 Å². The lowest BCUT2D eigenvalue weighted by molar-refractivity contribution is 0.308. The summed E-state index contributed by atoms with van der Waals surface area (Å²) in [6.45, 7) is 7.14. The Morgan fingerprint density at radius 1 is 1.04 bits per heavy atom. The second-order valence-corrected chi connectivity index (χ2v) is 7.69. The molecule has 1 aliphatic heterocycles. The second-order valence-electron chi connectivity index (χ2n) is 6.72. The van der Waals surface area contributed by atoms with Crippen molar-refractivity contribution in [3.63, 3.8) is 0 Å². The standard InChI is InChI=1S/C21H24N6S/c1-4-26-20(23-24-25-26)19-13-22-27(18-11-10-15(2)16(3)12-18)21(19)28-14-17-8-6-5-7-9-17/h5-13,24-25H,4,14H2,1-3H3. The minimum atomic E-state index is 0.795. The van der Waals surface area contributed by atoms with Gasteiger partial charge in [-0.25, -0.2) is 10.2 Å². The smallest absolute Gasteiger partial charge is 0.177 e. The van der Waals surface area contributed by atoms with Gasteiger partial charge in [0.15, 0.2) is 5.84 Å². The SMILES string of the molecule is CCN1NNN=C1c1cnn(-c2ccc(C)c(C)c2)c1SCc1ccccc1. The molecule has 2 N–H and O–H groups in total. The van der Waals surface area contributed by atoms with Crippen molar-refractivity contribution >= 4 is 17.6 Å². The quantitative estimate of drug-likeness (QED) is 0.625. The van der Waals surface area contributed by atoms with Crippen molar-refractivity contribution in [1.29, 1.82) is 0 Å². The fourth-order valence-electron chi connectivity index (χ4n) is 3.08. The van der Waals surface area contributed by atoms with E-state index in [0.29, 0.717) is 0 Å². The van der Waals surface area contributed by atoms with Crippen molar-refractivity contribution in [3.8, 4) is 5.69 Å². The Bertz CT molecular complexity index is 995. The summed E-state index contributed by atoms with van der Waals surface area (Å²) in [5, 5.41) is 12.2. The van der Waals surface area contributed by atoms with Gasteiger partial charge in [-0.05, 0) is 49.6 Å².